The Morgan fingerprint density at radius 2 is 0.833 bits per heavy atom. The minimum atomic E-state index is -0.240. The van der Waals surface area contributed by atoms with Gasteiger partial charge in [0.25, 0.3) is 0 Å². The van der Waals surface area contributed by atoms with Gasteiger partial charge in [-0.3, -0.25) is 9.59 Å². The Balaban J connectivity index is -0.000000126. The van der Waals surface area contributed by atoms with E-state index in [4.69, 9.17) is 19.2 Å². The molecule has 0 saturated heterocycles. The maximum atomic E-state index is 11.0. The first-order valence-corrected chi connectivity index (χ1v) is 7.35. The average molecular weight is 346 g/mol. The summed E-state index contributed by atoms with van der Waals surface area (Å²) in [5.74, 6) is 0.231. The van der Waals surface area contributed by atoms with E-state index in [1.807, 2.05) is 55.4 Å². The van der Waals surface area contributed by atoms with Crippen LogP contribution in [0.1, 0.15) is 55.4 Å². The van der Waals surface area contributed by atoms with Crippen molar-refractivity contribution < 1.29 is 28.8 Å². The zero-order valence-corrected chi connectivity index (χ0v) is 15.9. The van der Waals surface area contributed by atoms with Gasteiger partial charge >= 0.3 is 12.3 Å². The molecule has 0 aromatic rings. The minimum absolute atomic E-state index is 0.116. The Morgan fingerprint density at radius 3 is 0.875 bits per heavy atom. The van der Waals surface area contributed by atoms with Gasteiger partial charge in [-0.1, -0.05) is 41.5 Å². The minimum Gasteiger partial charge on any atom is -0.356 e. The first-order valence-electron chi connectivity index (χ1n) is 7.35. The van der Waals surface area contributed by atoms with E-state index in [2.05, 4.69) is 10.6 Å². The van der Waals surface area contributed by atoms with E-state index in [0.717, 1.165) is 13.1 Å². The fraction of sp³-hybridized carbons (Fsp3) is 0.750. The van der Waals surface area contributed by atoms with Crippen LogP contribution in [0.4, 0.5) is 0 Å². The lowest BCUT2D eigenvalue weighted by Gasteiger charge is -2.16. The molecular formula is C16H30N2O6. The molecule has 0 saturated carbocycles. The quantitative estimate of drug-likeness (QED) is 0.773. The topological polar surface area (TPSA) is 126 Å². The smallest absolute Gasteiger partial charge is 0.356 e. The van der Waals surface area contributed by atoms with Gasteiger partial charge in [-0.15, -0.1) is 0 Å². The van der Waals surface area contributed by atoms with E-state index in [0.29, 0.717) is 0 Å². The molecule has 8 heteroatoms. The summed E-state index contributed by atoms with van der Waals surface area (Å²) in [6.07, 6.45) is 0.500. The zero-order valence-electron chi connectivity index (χ0n) is 15.9. The fourth-order valence-corrected chi connectivity index (χ4v) is 0.851. The molecule has 24 heavy (non-hydrogen) atoms. The molecule has 2 amide bonds. The highest BCUT2D eigenvalue weighted by Gasteiger charge is 2.20. The van der Waals surface area contributed by atoms with Gasteiger partial charge in [-0.2, -0.15) is 19.2 Å². The molecule has 0 aliphatic rings. The second kappa shape index (κ2) is 17.1. The van der Waals surface area contributed by atoms with Crippen LogP contribution in [0.5, 0.6) is 0 Å². The SMILES string of the molecule is CCNC(=O)C(C)(C)C.CCNC(=O)C(C)(C)C.O=C=O.O=C=O. The maximum Gasteiger partial charge on any atom is 0.373 e. The molecule has 0 atom stereocenters. The molecule has 0 radical (unpaired) electrons. The van der Waals surface area contributed by atoms with Gasteiger partial charge in [0.1, 0.15) is 0 Å². The van der Waals surface area contributed by atoms with Crippen LogP contribution in [0.2, 0.25) is 0 Å². The predicted octanol–water partition coefficient (Wildman–Crippen LogP) is 1.17. The van der Waals surface area contributed by atoms with Gasteiger partial charge < -0.3 is 10.6 Å². The number of hydrogen-bond donors (Lipinski definition) is 2. The third-order valence-corrected chi connectivity index (χ3v) is 2.04. The molecule has 2 N–H and O–H groups in total. The molecule has 0 aromatic carbocycles. The number of rotatable bonds is 2. The summed E-state index contributed by atoms with van der Waals surface area (Å²) in [5.41, 5.74) is -0.480. The summed E-state index contributed by atoms with van der Waals surface area (Å²) < 4.78 is 0. The number of hydrogen-bond acceptors (Lipinski definition) is 6. The highest BCUT2D eigenvalue weighted by molar-refractivity contribution is 5.81. The summed E-state index contributed by atoms with van der Waals surface area (Å²) in [7, 11) is 0. The van der Waals surface area contributed by atoms with Crippen molar-refractivity contribution in [2.75, 3.05) is 13.1 Å². The third kappa shape index (κ3) is 27.9. The van der Waals surface area contributed by atoms with Crippen LogP contribution >= 0.6 is 0 Å². The number of amides is 2. The molecule has 0 heterocycles. The molecule has 0 spiro atoms. The van der Waals surface area contributed by atoms with Crippen LogP contribution < -0.4 is 10.6 Å². The van der Waals surface area contributed by atoms with E-state index in [1.54, 1.807) is 0 Å². The normalized spacial score (nSPS) is 9.00. The first kappa shape index (κ1) is 29.7. The Labute approximate surface area is 143 Å². The number of nitrogens with one attached hydrogen (secondary N) is 2. The van der Waals surface area contributed by atoms with Crippen molar-refractivity contribution in [1.29, 1.82) is 0 Å². The van der Waals surface area contributed by atoms with Crippen molar-refractivity contribution in [2.24, 2.45) is 10.8 Å². The number of carbonyl (C=O) groups is 2. The van der Waals surface area contributed by atoms with E-state index in [-0.39, 0.29) is 34.9 Å². The maximum absolute atomic E-state index is 11.0. The highest BCUT2D eigenvalue weighted by atomic mass is 16.2. The van der Waals surface area contributed by atoms with Crippen LogP contribution in [0.15, 0.2) is 0 Å². The van der Waals surface area contributed by atoms with Gasteiger partial charge in [0.05, 0.1) is 0 Å². The summed E-state index contributed by atoms with van der Waals surface area (Å²) in [6, 6.07) is 0. The molecule has 0 aromatic heterocycles. The second-order valence-corrected chi connectivity index (χ2v) is 6.39. The summed E-state index contributed by atoms with van der Waals surface area (Å²) in [5, 5.41) is 5.49. The molecule has 0 aliphatic carbocycles. The van der Waals surface area contributed by atoms with Crippen LogP contribution in [0.3, 0.4) is 0 Å². The van der Waals surface area contributed by atoms with E-state index in [1.165, 1.54) is 0 Å². The average Bonchev–Trinajstić information content (AvgIpc) is 2.39. The van der Waals surface area contributed by atoms with Gasteiger partial charge in [0.15, 0.2) is 0 Å². The molecule has 0 unspecified atom stereocenters. The molecule has 0 bridgehead atoms. The number of carbonyl (C=O) groups excluding carboxylic acids is 6. The standard InChI is InChI=1S/2C7H15NO.2CO2/c2*1-5-8-6(9)7(2,3)4;2*2-1-3/h2*5H2,1-4H3,(H,8,9);;. The van der Waals surface area contributed by atoms with Crippen molar-refractivity contribution in [3.05, 3.63) is 0 Å². The van der Waals surface area contributed by atoms with Crippen LogP contribution in [0.25, 0.3) is 0 Å². The summed E-state index contributed by atoms with van der Waals surface area (Å²) in [4.78, 5) is 54.4. The van der Waals surface area contributed by atoms with Crippen molar-refractivity contribution >= 4 is 24.1 Å². The lowest BCUT2D eigenvalue weighted by molar-refractivity contribution is -0.193. The van der Waals surface area contributed by atoms with Crippen molar-refractivity contribution in [3.8, 4) is 0 Å². The van der Waals surface area contributed by atoms with Crippen molar-refractivity contribution in [2.45, 2.75) is 55.4 Å². The Kier molecular flexibility index (Phi) is 21.1. The highest BCUT2D eigenvalue weighted by Crippen LogP contribution is 2.12. The van der Waals surface area contributed by atoms with Gasteiger partial charge in [-0.25, -0.2) is 0 Å². The summed E-state index contributed by atoms with van der Waals surface area (Å²) >= 11 is 0. The Morgan fingerprint density at radius 1 is 0.667 bits per heavy atom. The van der Waals surface area contributed by atoms with Crippen LogP contribution in [-0.2, 0) is 28.8 Å². The van der Waals surface area contributed by atoms with E-state index in [9.17, 15) is 9.59 Å². The van der Waals surface area contributed by atoms with Gasteiger partial charge in [-0.05, 0) is 13.8 Å². The lowest BCUT2D eigenvalue weighted by atomic mass is 9.96. The molecule has 0 aliphatic heterocycles. The van der Waals surface area contributed by atoms with Gasteiger partial charge in [0, 0.05) is 23.9 Å². The van der Waals surface area contributed by atoms with Crippen molar-refractivity contribution in [3.63, 3.8) is 0 Å². The van der Waals surface area contributed by atoms with E-state index >= 15 is 0 Å². The molecule has 8 nitrogen and oxygen atoms in total. The fourth-order valence-electron chi connectivity index (χ4n) is 0.851. The third-order valence-electron chi connectivity index (χ3n) is 2.04. The first-order chi connectivity index (χ1) is 10.8. The monoisotopic (exact) mass is 346 g/mol. The van der Waals surface area contributed by atoms with Crippen LogP contribution in [0, 0.1) is 10.8 Å². The Hall–Kier alpha value is -2.30. The van der Waals surface area contributed by atoms with Crippen LogP contribution in [-0.4, -0.2) is 37.2 Å². The molecule has 140 valence electrons. The molecule has 0 rings (SSSR count). The molecule has 0 fully saturated rings. The molecular weight excluding hydrogens is 316 g/mol. The largest absolute Gasteiger partial charge is 0.373 e. The van der Waals surface area contributed by atoms with Gasteiger partial charge in [0.2, 0.25) is 11.8 Å². The lowest BCUT2D eigenvalue weighted by Crippen LogP contribution is -2.34. The van der Waals surface area contributed by atoms with E-state index < -0.39 is 0 Å². The summed E-state index contributed by atoms with van der Waals surface area (Å²) in [6.45, 7) is 16.7. The zero-order chi connectivity index (χ0) is 20.4. The predicted molar refractivity (Wildman–Crippen MR) is 86.3 cm³/mol. The second-order valence-electron chi connectivity index (χ2n) is 6.39. The van der Waals surface area contributed by atoms with Crippen molar-refractivity contribution in [1.82, 2.24) is 10.6 Å². The Bertz CT molecular complexity index is 367.